The number of hydrogen-bond acceptors (Lipinski definition) is 2. The summed E-state index contributed by atoms with van der Waals surface area (Å²) < 4.78 is 0. The fourth-order valence-corrected chi connectivity index (χ4v) is 4.60. The molecule has 4 bridgehead atoms. The van der Waals surface area contributed by atoms with E-state index < -0.39 is 0 Å². The molecule has 16 heavy (non-hydrogen) atoms. The fourth-order valence-electron chi connectivity index (χ4n) is 4.60. The van der Waals surface area contributed by atoms with Gasteiger partial charge in [0.05, 0.1) is 18.2 Å². The maximum atomic E-state index is 9.09. The zero-order valence-electron chi connectivity index (χ0n) is 9.60. The molecule has 0 saturated heterocycles. The number of aliphatic hydroxyl groups excluding tert-OH is 1. The molecule has 0 aromatic carbocycles. The van der Waals surface area contributed by atoms with Crippen molar-refractivity contribution in [2.75, 3.05) is 6.61 Å². The maximum absolute atomic E-state index is 9.09. The van der Waals surface area contributed by atoms with E-state index in [9.17, 15) is 0 Å². The minimum atomic E-state index is -0.0840. The molecule has 4 saturated carbocycles. The van der Waals surface area contributed by atoms with Gasteiger partial charge in [0.2, 0.25) is 0 Å². The molecule has 0 aromatic heterocycles. The van der Waals surface area contributed by atoms with E-state index in [1.807, 2.05) is 0 Å². The van der Waals surface area contributed by atoms with Crippen LogP contribution in [0.1, 0.15) is 32.1 Å². The molecule has 86 valence electrons. The predicted octanol–water partition coefficient (Wildman–Crippen LogP) is 2.50. The van der Waals surface area contributed by atoms with Gasteiger partial charge in [0.1, 0.15) is 0 Å². The largest absolute Gasteiger partial charge is 0.391 e. The lowest BCUT2D eigenvalue weighted by atomic mass is 9.52. The number of aliphatic hydroxyl groups is 1. The van der Waals surface area contributed by atoms with Gasteiger partial charge in [-0.05, 0) is 61.7 Å². The highest BCUT2D eigenvalue weighted by molar-refractivity contribution is 5.23. The van der Waals surface area contributed by atoms with Gasteiger partial charge >= 0.3 is 0 Å². The molecule has 0 amide bonds. The van der Waals surface area contributed by atoms with Crippen LogP contribution in [0.5, 0.6) is 0 Å². The Bertz CT molecular complexity index is 324. The maximum Gasteiger partial charge on any atom is 0.0968 e. The molecule has 0 atom stereocenters. The lowest BCUT2D eigenvalue weighted by molar-refractivity contribution is -0.0165. The Balaban J connectivity index is 1.82. The summed E-state index contributed by atoms with van der Waals surface area (Å²) in [6, 6.07) is 2.12. The summed E-state index contributed by atoms with van der Waals surface area (Å²) in [5.74, 6) is 4.17. The first-order valence-corrected chi connectivity index (χ1v) is 6.51. The first kappa shape index (κ1) is 10.4. The van der Waals surface area contributed by atoms with Crippen LogP contribution in [0.3, 0.4) is 0 Å². The standard InChI is InChI=1S/C14H19NO/c15-7-11(8-16)6-14-12-2-9-1-10(4-12)5-13(14)3-9/h6,9-10,12-14,16H,1-5,8H2/b11-6-. The van der Waals surface area contributed by atoms with Crippen LogP contribution in [-0.4, -0.2) is 11.7 Å². The number of nitriles is 1. The summed E-state index contributed by atoms with van der Waals surface area (Å²) in [6.45, 7) is -0.0840. The van der Waals surface area contributed by atoms with E-state index in [1.54, 1.807) is 0 Å². The van der Waals surface area contributed by atoms with Gasteiger partial charge in [-0.15, -0.1) is 0 Å². The normalized spacial score (nSPS) is 45.8. The number of rotatable bonds is 2. The molecule has 0 radical (unpaired) electrons. The SMILES string of the molecule is N#C/C(=C/C1C2CC3CC(C2)CC1C3)CO. The Morgan fingerprint density at radius 2 is 1.69 bits per heavy atom. The van der Waals surface area contributed by atoms with Crippen LogP contribution in [0.4, 0.5) is 0 Å². The highest BCUT2D eigenvalue weighted by Gasteiger charge is 2.47. The van der Waals surface area contributed by atoms with Crippen molar-refractivity contribution in [2.24, 2.45) is 29.6 Å². The van der Waals surface area contributed by atoms with Crippen LogP contribution in [0.15, 0.2) is 11.6 Å². The molecule has 2 nitrogen and oxygen atoms in total. The molecular formula is C14H19NO. The predicted molar refractivity (Wildman–Crippen MR) is 61.3 cm³/mol. The molecule has 0 aromatic rings. The van der Waals surface area contributed by atoms with E-state index >= 15 is 0 Å². The summed E-state index contributed by atoms with van der Waals surface area (Å²) >= 11 is 0. The molecule has 4 aliphatic carbocycles. The van der Waals surface area contributed by atoms with Crippen molar-refractivity contribution in [2.45, 2.75) is 32.1 Å². The fraction of sp³-hybridized carbons (Fsp3) is 0.786. The van der Waals surface area contributed by atoms with Crippen LogP contribution in [0.2, 0.25) is 0 Å². The summed E-state index contributed by atoms with van der Waals surface area (Å²) in [5, 5.41) is 18.0. The van der Waals surface area contributed by atoms with Gasteiger partial charge in [-0.3, -0.25) is 0 Å². The third-order valence-electron chi connectivity index (χ3n) is 5.01. The summed E-state index contributed by atoms with van der Waals surface area (Å²) in [6.07, 6.45) is 9.05. The van der Waals surface area contributed by atoms with E-state index in [-0.39, 0.29) is 6.61 Å². The van der Waals surface area contributed by atoms with Gasteiger partial charge in [0.15, 0.2) is 0 Å². The van der Waals surface area contributed by atoms with Crippen LogP contribution in [-0.2, 0) is 0 Å². The van der Waals surface area contributed by atoms with E-state index in [0.717, 1.165) is 23.7 Å². The van der Waals surface area contributed by atoms with Crippen molar-refractivity contribution in [1.82, 2.24) is 0 Å². The first-order valence-electron chi connectivity index (χ1n) is 6.51. The highest BCUT2D eigenvalue weighted by atomic mass is 16.3. The third-order valence-corrected chi connectivity index (χ3v) is 5.01. The van der Waals surface area contributed by atoms with E-state index in [0.29, 0.717) is 11.5 Å². The Morgan fingerprint density at radius 3 is 2.12 bits per heavy atom. The highest BCUT2D eigenvalue weighted by Crippen LogP contribution is 2.56. The molecule has 4 rings (SSSR count). The lowest BCUT2D eigenvalue weighted by Gasteiger charge is -2.53. The molecule has 4 fully saturated rings. The Morgan fingerprint density at radius 1 is 1.12 bits per heavy atom. The molecule has 0 spiro atoms. The Kier molecular flexibility index (Phi) is 2.52. The van der Waals surface area contributed by atoms with Crippen LogP contribution < -0.4 is 0 Å². The van der Waals surface area contributed by atoms with Crippen molar-refractivity contribution < 1.29 is 5.11 Å². The monoisotopic (exact) mass is 217 g/mol. The van der Waals surface area contributed by atoms with Crippen LogP contribution in [0.25, 0.3) is 0 Å². The third kappa shape index (κ3) is 1.58. The van der Waals surface area contributed by atoms with Crippen molar-refractivity contribution in [3.8, 4) is 6.07 Å². The lowest BCUT2D eigenvalue weighted by Crippen LogP contribution is -2.44. The van der Waals surface area contributed by atoms with E-state index in [1.165, 1.54) is 32.1 Å². The van der Waals surface area contributed by atoms with E-state index in [2.05, 4.69) is 12.1 Å². The van der Waals surface area contributed by atoms with Crippen molar-refractivity contribution in [3.63, 3.8) is 0 Å². The average molecular weight is 217 g/mol. The minimum absolute atomic E-state index is 0.0840. The van der Waals surface area contributed by atoms with Gasteiger partial charge in [0, 0.05) is 0 Å². The van der Waals surface area contributed by atoms with Crippen LogP contribution >= 0.6 is 0 Å². The quantitative estimate of drug-likeness (QED) is 0.722. The topological polar surface area (TPSA) is 44.0 Å². The second kappa shape index (κ2) is 3.89. The molecule has 2 heteroatoms. The molecular weight excluding hydrogens is 198 g/mol. The zero-order valence-corrected chi connectivity index (χ0v) is 9.60. The summed E-state index contributed by atoms with van der Waals surface area (Å²) in [7, 11) is 0. The minimum Gasteiger partial charge on any atom is -0.391 e. The van der Waals surface area contributed by atoms with Gasteiger partial charge in [-0.25, -0.2) is 0 Å². The average Bonchev–Trinajstić information content (AvgIpc) is 2.28. The van der Waals surface area contributed by atoms with Gasteiger partial charge in [-0.1, -0.05) is 6.08 Å². The number of nitrogens with zero attached hydrogens (tertiary/aromatic N) is 1. The van der Waals surface area contributed by atoms with Crippen LogP contribution in [0, 0.1) is 40.9 Å². The van der Waals surface area contributed by atoms with Gasteiger partial charge < -0.3 is 5.11 Å². The van der Waals surface area contributed by atoms with Crippen molar-refractivity contribution >= 4 is 0 Å². The molecule has 0 unspecified atom stereocenters. The smallest absolute Gasteiger partial charge is 0.0968 e. The van der Waals surface area contributed by atoms with Gasteiger partial charge in [-0.2, -0.15) is 5.26 Å². The zero-order chi connectivity index (χ0) is 11.1. The second-order valence-corrected chi connectivity index (χ2v) is 5.97. The first-order chi connectivity index (χ1) is 7.80. The molecule has 0 aliphatic heterocycles. The second-order valence-electron chi connectivity index (χ2n) is 5.97. The number of allylic oxidation sites excluding steroid dienone is 1. The summed E-state index contributed by atoms with van der Waals surface area (Å²) in [4.78, 5) is 0. The Hall–Kier alpha value is -0.810. The van der Waals surface area contributed by atoms with Gasteiger partial charge in [0.25, 0.3) is 0 Å². The molecule has 0 heterocycles. The molecule has 1 N–H and O–H groups in total. The Labute approximate surface area is 97.0 Å². The summed E-state index contributed by atoms with van der Waals surface area (Å²) in [5.41, 5.74) is 0.581. The van der Waals surface area contributed by atoms with E-state index in [4.69, 9.17) is 10.4 Å². The number of hydrogen-bond donors (Lipinski definition) is 1. The van der Waals surface area contributed by atoms with Crippen molar-refractivity contribution in [3.05, 3.63) is 11.6 Å². The van der Waals surface area contributed by atoms with Crippen molar-refractivity contribution in [1.29, 1.82) is 5.26 Å². The molecule has 4 aliphatic rings.